The Morgan fingerprint density at radius 2 is 2.05 bits per heavy atom. The second-order valence-electron chi connectivity index (χ2n) is 5.51. The zero-order valence-electron chi connectivity index (χ0n) is 11.6. The number of carboxylic acid groups (broad SMARTS) is 1. The van der Waals surface area contributed by atoms with Gasteiger partial charge in [-0.05, 0) is 35.2 Å². The lowest BCUT2D eigenvalue weighted by atomic mass is 9.71. The van der Waals surface area contributed by atoms with Gasteiger partial charge in [0, 0.05) is 13.5 Å². The summed E-state index contributed by atoms with van der Waals surface area (Å²) in [6.07, 6.45) is 6.18. The van der Waals surface area contributed by atoms with Gasteiger partial charge in [0.2, 0.25) is 0 Å². The second-order valence-corrected chi connectivity index (χ2v) is 6.30. The summed E-state index contributed by atoms with van der Waals surface area (Å²) >= 11 is 3.59. The van der Waals surface area contributed by atoms with Crippen LogP contribution in [-0.2, 0) is 24.7 Å². The van der Waals surface area contributed by atoms with Gasteiger partial charge in [0.25, 0.3) is 0 Å². The average molecular weight is 329 g/mol. The van der Waals surface area contributed by atoms with E-state index < -0.39 is 11.4 Å². The van der Waals surface area contributed by atoms with Crippen molar-refractivity contribution in [1.29, 1.82) is 0 Å². The van der Waals surface area contributed by atoms with E-state index in [1.807, 2.05) is 11.7 Å². The van der Waals surface area contributed by atoms with E-state index in [1.54, 1.807) is 0 Å². The van der Waals surface area contributed by atoms with Crippen molar-refractivity contribution in [2.75, 3.05) is 0 Å². The molecule has 0 saturated heterocycles. The summed E-state index contributed by atoms with van der Waals surface area (Å²) < 4.78 is 2.83. The van der Waals surface area contributed by atoms with E-state index in [2.05, 4.69) is 28.0 Å². The fourth-order valence-electron chi connectivity index (χ4n) is 3.03. The molecule has 2 rings (SSSR count). The Morgan fingerprint density at radius 1 is 1.42 bits per heavy atom. The smallest absolute Gasteiger partial charge is 0.310 e. The van der Waals surface area contributed by atoms with Crippen LogP contribution in [-0.4, -0.2) is 20.9 Å². The number of carbonyl (C=O) groups is 1. The topological polar surface area (TPSA) is 55.1 Å². The van der Waals surface area contributed by atoms with Crippen LogP contribution in [0.15, 0.2) is 4.47 Å². The molecule has 1 aliphatic carbocycles. The summed E-state index contributed by atoms with van der Waals surface area (Å²) in [6.45, 7) is 2.06. The van der Waals surface area contributed by atoms with Crippen LogP contribution in [0, 0.1) is 5.41 Å². The number of aliphatic carboxylic acids is 1. The highest BCUT2D eigenvalue weighted by molar-refractivity contribution is 9.10. The van der Waals surface area contributed by atoms with Crippen molar-refractivity contribution in [3.63, 3.8) is 0 Å². The summed E-state index contributed by atoms with van der Waals surface area (Å²) in [5.41, 5.74) is 1.43. The molecule has 0 atom stereocenters. The first-order valence-corrected chi connectivity index (χ1v) is 7.73. The maximum absolute atomic E-state index is 11.7. The molecule has 1 heterocycles. The van der Waals surface area contributed by atoms with Gasteiger partial charge in [0.1, 0.15) is 0 Å². The molecule has 5 heteroatoms. The molecule has 0 spiro atoms. The van der Waals surface area contributed by atoms with Gasteiger partial charge in [-0.1, -0.05) is 26.2 Å². The molecule has 1 saturated carbocycles. The highest BCUT2D eigenvalue weighted by Crippen LogP contribution is 2.41. The Balaban J connectivity index is 2.32. The van der Waals surface area contributed by atoms with Crippen LogP contribution >= 0.6 is 15.9 Å². The van der Waals surface area contributed by atoms with Crippen LogP contribution in [0.4, 0.5) is 0 Å². The molecule has 0 aromatic carbocycles. The van der Waals surface area contributed by atoms with Crippen molar-refractivity contribution < 1.29 is 9.90 Å². The summed E-state index contributed by atoms with van der Waals surface area (Å²) in [7, 11) is 1.90. The molecule has 19 heavy (non-hydrogen) atoms. The van der Waals surface area contributed by atoms with Gasteiger partial charge in [0.05, 0.1) is 21.3 Å². The summed E-state index contributed by atoms with van der Waals surface area (Å²) in [4.78, 5) is 11.7. The maximum atomic E-state index is 11.7. The molecule has 0 bridgehead atoms. The zero-order chi connectivity index (χ0) is 14.0. The normalized spacial score (nSPS) is 18.5. The minimum Gasteiger partial charge on any atom is -0.481 e. The molecule has 1 fully saturated rings. The van der Waals surface area contributed by atoms with Crippen molar-refractivity contribution in [2.45, 2.75) is 51.9 Å². The van der Waals surface area contributed by atoms with Crippen molar-refractivity contribution >= 4 is 21.9 Å². The number of aromatic nitrogens is 2. The third kappa shape index (κ3) is 2.71. The number of aryl methyl sites for hydroxylation is 2. The standard InChI is InChI=1S/C14H21BrN2O2/c1-3-10-12(15)11(17(2)16-10)9-14(13(18)19)7-5-4-6-8-14/h3-9H2,1-2H3,(H,18,19). The van der Waals surface area contributed by atoms with E-state index in [4.69, 9.17) is 0 Å². The van der Waals surface area contributed by atoms with Crippen LogP contribution in [0.3, 0.4) is 0 Å². The third-order valence-electron chi connectivity index (χ3n) is 4.27. The lowest BCUT2D eigenvalue weighted by Gasteiger charge is -2.33. The molecule has 1 aromatic rings. The second kappa shape index (κ2) is 5.65. The highest BCUT2D eigenvalue weighted by atomic mass is 79.9. The van der Waals surface area contributed by atoms with Gasteiger partial charge in [-0.3, -0.25) is 9.48 Å². The SMILES string of the molecule is CCc1nn(C)c(CC2(C(=O)O)CCCCC2)c1Br. The van der Waals surface area contributed by atoms with Crippen LogP contribution in [0.25, 0.3) is 0 Å². The largest absolute Gasteiger partial charge is 0.481 e. The summed E-state index contributed by atoms with van der Waals surface area (Å²) in [5.74, 6) is -0.654. The first-order valence-electron chi connectivity index (χ1n) is 6.94. The molecular formula is C14H21BrN2O2. The first kappa shape index (κ1) is 14.6. The molecule has 0 radical (unpaired) electrons. The van der Waals surface area contributed by atoms with E-state index in [0.717, 1.165) is 54.4 Å². The van der Waals surface area contributed by atoms with E-state index in [-0.39, 0.29) is 0 Å². The fraction of sp³-hybridized carbons (Fsp3) is 0.714. The molecule has 4 nitrogen and oxygen atoms in total. The van der Waals surface area contributed by atoms with Gasteiger partial charge >= 0.3 is 5.97 Å². The predicted molar refractivity (Wildman–Crippen MR) is 77.1 cm³/mol. The minimum absolute atomic E-state index is 0.576. The Bertz CT molecular complexity index is 476. The van der Waals surface area contributed by atoms with Gasteiger partial charge in [-0.25, -0.2) is 0 Å². The first-order chi connectivity index (χ1) is 9.00. The molecule has 0 amide bonds. The number of nitrogens with zero attached hydrogens (tertiary/aromatic N) is 2. The number of carboxylic acids is 1. The van der Waals surface area contributed by atoms with Gasteiger partial charge in [-0.15, -0.1) is 0 Å². The van der Waals surface area contributed by atoms with E-state index in [9.17, 15) is 9.90 Å². The number of hydrogen-bond donors (Lipinski definition) is 1. The Labute approximate surface area is 122 Å². The molecule has 1 N–H and O–H groups in total. The summed E-state index contributed by atoms with van der Waals surface area (Å²) in [6, 6.07) is 0. The van der Waals surface area contributed by atoms with Gasteiger partial charge in [0.15, 0.2) is 0 Å². The third-order valence-corrected chi connectivity index (χ3v) is 5.19. The number of halogens is 1. The van der Waals surface area contributed by atoms with Crippen molar-refractivity contribution in [3.8, 4) is 0 Å². The molecule has 106 valence electrons. The molecular weight excluding hydrogens is 308 g/mol. The Hall–Kier alpha value is -0.840. The van der Waals surface area contributed by atoms with Crippen molar-refractivity contribution in [2.24, 2.45) is 12.5 Å². The lowest BCUT2D eigenvalue weighted by molar-refractivity contribution is -0.151. The van der Waals surface area contributed by atoms with Crippen LogP contribution in [0.5, 0.6) is 0 Å². The van der Waals surface area contributed by atoms with Gasteiger partial charge < -0.3 is 5.11 Å². The minimum atomic E-state index is -0.654. The number of hydrogen-bond acceptors (Lipinski definition) is 2. The predicted octanol–water partition coefficient (Wildman–Crippen LogP) is 3.32. The quantitative estimate of drug-likeness (QED) is 0.922. The van der Waals surface area contributed by atoms with E-state index >= 15 is 0 Å². The Kier molecular flexibility index (Phi) is 4.33. The fourth-order valence-corrected chi connectivity index (χ4v) is 3.78. The average Bonchev–Trinajstić information content (AvgIpc) is 2.67. The molecule has 0 aliphatic heterocycles. The Morgan fingerprint density at radius 3 is 2.53 bits per heavy atom. The van der Waals surface area contributed by atoms with Gasteiger partial charge in [-0.2, -0.15) is 5.10 Å². The lowest BCUT2D eigenvalue weighted by Crippen LogP contribution is -2.36. The molecule has 0 unspecified atom stereocenters. The van der Waals surface area contributed by atoms with E-state index in [0.29, 0.717) is 6.42 Å². The van der Waals surface area contributed by atoms with Crippen LogP contribution < -0.4 is 0 Å². The molecule has 1 aromatic heterocycles. The highest BCUT2D eigenvalue weighted by Gasteiger charge is 2.41. The summed E-state index contributed by atoms with van der Waals surface area (Å²) in [5, 5.41) is 14.1. The monoisotopic (exact) mass is 328 g/mol. The van der Waals surface area contributed by atoms with Crippen LogP contribution in [0.2, 0.25) is 0 Å². The van der Waals surface area contributed by atoms with Crippen molar-refractivity contribution in [1.82, 2.24) is 9.78 Å². The molecule has 1 aliphatic rings. The van der Waals surface area contributed by atoms with Crippen LogP contribution in [0.1, 0.15) is 50.4 Å². The maximum Gasteiger partial charge on any atom is 0.310 e. The zero-order valence-corrected chi connectivity index (χ0v) is 13.2. The van der Waals surface area contributed by atoms with Crippen molar-refractivity contribution in [3.05, 3.63) is 15.9 Å². The van der Waals surface area contributed by atoms with E-state index in [1.165, 1.54) is 0 Å². The number of rotatable bonds is 4.